The molecular weight excluding hydrogens is 354 g/mol. The molecule has 0 spiro atoms. The van der Waals surface area contributed by atoms with Crippen molar-refractivity contribution in [2.24, 2.45) is 7.05 Å². The second kappa shape index (κ2) is 6.49. The second-order valence-corrected chi connectivity index (χ2v) is 6.65. The van der Waals surface area contributed by atoms with Gasteiger partial charge in [-0.05, 0) is 18.2 Å². The molecule has 1 fully saturated rings. The lowest BCUT2D eigenvalue weighted by molar-refractivity contribution is 0.164. The Balaban J connectivity index is 1.61. The number of pyridine rings is 1. The fourth-order valence-corrected chi connectivity index (χ4v) is 3.33. The number of amides is 1. The summed E-state index contributed by atoms with van der Waals surface area (Å²) in [7, 11) is 3.33. The molecule has 134 valence electrons. The Labute approximate surface area is 155 Å². The number of fused-ring (bicyclic) bond motifs is 1. The first-order valence-electron chi connectivity index (χ1n) is 8.23. The third-order valence-corrected chi connectivity index (χ3v) is 4.88. The highest BCUT2D eigenvalue weighted by Gasteiger charge is 2.30. The van der Waals surface area contributed by atoms with Gasteiger partial charge >= 0.3 is 6.09 Å². The number of hydrogen-bond donors (Lipinski definition) is 1. The summed E-state index contributed by atoms with van der Waals surface area (Å²) in [6.45, 7) is 1.34. The van der Waals surface area contributed by atoms with E-state index in [0.717, 1.165) is 28.2 Å². The van der Waals surface area contributed by atoms with E-state index in [1.54, 1.807) is 6.20 Å². The Morgan fingerprint density at radius 1 is 1.35 bits per heavy atom. The van der Waals surface area contributed by atoms with E-state index in [1.165, 1.54) is 7.11 Å². The molecule has 0 bridgehead atoms. The van der Waals surface area contributed by atoms with Crippen molar-refractivity contribution in [3.8, 4) is 11.4 Å². The summed E-state index contributed by atoms with van der Waals surface area (Å²) >= 11 is 6.40. The molecule has 0 aliphatic carbocycles. The molecule has 1 aliphatic rings. The van der Waals surface area contributed by atoms with Gasteiger partial charge in [-0.3, -0.25) is 0 Å². The highest BCUT2D eigenvalue weighted by molar-refractivity contribution is 6.33. The molecule has 26 heavy (non-hydrogen) atoms. The lowest BCUT2D eigenvalue weighted by Gasteiger charge is -2.40. The van der Waals surface area contributed by atoms with Gasteiger partial charge in [-0.2, -0.15) is 0 Å². The van der Waals surface area contributed by atoms with Crippen LogP contribution in [0.25, 0.3) is 22.4 Å². The maximum Gasteiger partial charge on any atom is 0.407 e. The number of nitrogens with zero attached hydrogens (tertiary/aromatic N) is 4. The smallest absolute Gasteiger partial charge is 0.407 e. The van der Waals surface area contributed by atoms with Gasteiger partial charge in [0.1, 0.15) is 11.6 Å². The molecule has 2 aromatic heterocycles. The van der Waals surface area contributed by atoms with E-state index < -0.39 is 6.09 Å². The zero-order valence-corrected chi connectivity index (χ0v) is 15.2. The highest BCUT2D eigenvalue weighted by atomic mass is 35.5. The normalized spacial score (nSPS) is 14.3. The molecular formula is C18H18ClN5O2. The minimum absolute atomic E-state index is 0.0547. The Morgan fingerprint density at radius 2 is 2.12 bits per heavy atom. The van der Waals surface area contributed by atoms with Gasteiger partial charge < -0.3 is 19.5 Å². The third-order valence-electron chi connectivity index (χ3n) is 4.58. The number of hydrogen-bond acceptors (Lipinski definition) is 5. The van der Waals surface area contributed by atoms with Crippen LogP contribution in [0.15, 0.2) is 36.5 Å². The van der Waals surface area contributed by atoms with Crippen molar-refractivity contribution >= 4 is 34.5 Å². The van der Waals surface area contributed by atoms with Crippen molar-refractivity contribution in [2.75, 3.05) is 25.1 Å². The number of nitrogens with one attached hydrogen (secondary N) is 1. The van der Waals surface area contributed by atoms with Crippen LogP contribution in [0.4, 0.5) is 10.6 Å². The molecule has 3 aromatic rings. The first-order chi connectivity index (χ1) is 12.6. The Morgan fingerprint density at radius 3 is 2.85 bits per heavy atom. The molecule has 4 rings (SSSR count). The number of imidazole rings is 1. The number of para-hydroxylation sites is 2. The van der Waals surface area contributed by atoms with Crippen molar-refractivity contribution in [2.45, 2.75) is 6.04 Å². The van der Waals surface area contributed by atoms with Crippen LogP contribution in [0.5, 0.6) is 0 Å². The fourth-order valence-electron chi connectivity index (χ4n) is 3.14. The quantitative estimate of drug-likeness (QED) is 0.766. The van der Waals surface area contributed by atoms with Gasteiger partial charge in [0.25, 0.3) is 0 Å². The van der Waals surface area contributed by atoms with E-state index in [2.05, 4.69) is 19.9 Å². The average Bonchev–Trinajstić information content (AvgIpc) is 2.95. The molecule has 0 saturated carbocycles. The molecule has 1 aliphatic heterocycles. The summed E-state index contributed by atoms with van der Waals surface area (Å²) < 4.78 is 6.65. The number of methoxy groups -OCH3 is 1. The molecule has 1 saturated heterocycles. The van der Waals surface area contributed by atoms with E-state index in [9.17, 15) is 4.79 Å². The molecule has 1 N–H and O–H groups in total. The van der Waals surface area contributed by atoms with Crippen molar-refractivity contribution in [1.29, 1.82) is 0 Å². The van der Waals surface area contributed by atoms with Crippen LogP contribution in [0.3, 0.4) is 0 Å². The average molecular weight is 372 g/mol. The van der Waals surface area contributed by atoms with E-state index in [-0.39, 0.29) is 6.04 Å². The van der Waals surface area contributed by atoms with Gasteiger partial charge in [-0.15, -0.1) is 0 Å². The molecule has 0 unspecified atom stereocenters. The monoisotopic (exact) mass is 371 g/mol. The summed E-state index contributed by atoms with van der Waals surface area (Å²) in [5.41, 5.74) is 2.80. The van der Waals surface area contributed by atoms with Gasteiger partial charge in [0.05, 0.1) is 29.2 Å². The van der Waals surface area contributed by atoms with E-state index in [0.29, 0.717) is 18.1 Å². The minimum atomic E-state index is -0.417. The van der Waals surface area contributed by atoms with Crippen molar-refractivity contribution in [3.05, 3.63) is 41.6 Å². The second-order valence-electron chi connectivity index (χ2n) is 6.24. The number of ether oxygens (including phenoxy) is 1. The third kappa shape index (κ3) is 2.84. The standard InChI is InChI=1S/C18H18ClN5O2/c1-23-15-6-4-3-5-14(15)22-17(23)12-7-16(20-8-13(12)19)24-9-11(10-24)21-18(25)26-2/h3-8,11H,9-10H2,1-2H3,(H,21,25). The molecule has 1 aromatic carbocycles. The number of carbonyl (C=O) groups is 1. The van der Waals surface area contributed by atoms with Crippen LogP contribution in [0.1, 0.15) is 0 Å². The number of carbonyl (C=O) groups excluding carboxylic acids is 1. The van der Waals surface area contributed by atoms with Gasteiger partial charge in [0.2, 0.25) is 0 Å². The van der Waals surface area contributed by atoms with Crippen LogP contribution in [0.2, 0.25) is 5.02 Å². The molecule has 7 nitrogen and oxygen atoms in total. The van der Waals surface area contributed by atoms with Gasteiger partial charge in [0, 0.05) is 31.9 Å². The van der Waals surface area contributed by atoms with E-state index >= 15 is 0 Å². The van der Waals surface area contributed by atoms with E-state index in [4.69, 9.17) is 16.6 Å². The number of benzene rings is 1. The molecule has 3 heterocycles. The Kier molecular flexibility index (Phi) is 4.16. The maximum atomic E-state index is 11.3. The van der Waals surface area contributed by atoms with Crippen LogP contribution in [0, 0.1) is 0 Å². The number of halogens is 1. The zero-order chi connectivity index (χ0) is 18.3. The minimum Gasteiger partial charge on any atom is -0.453 e. The number of alkyl carbamates (subject to hydrolysis) is 1. The van der Waals surface area contributed by atoms with Gasteiger partial charge in [-0.25, -0.2) is 14.8 Å². The summed E-state index contributed by atoms with van der Waals surface area (Å²) in [5.74, 6) is 1.60. The number of aromatic nitrogens is 3. The topological polar surface area (TPSA) is 72.3 Å². The fraction of sp³-hybridized carbons (Fsp3) is 0.278. The van der Waals surface area contributed by atoms with Crippen LogP contribution >= 0.6 is 11.6 Å². The van der Waals surface area contributed by atoms with Crippen molar-refractivity contribution in [3.63, 3.8) is 0 Å². The Hall–Kier alpha value is -2.80. The van der Waals surface area contributed by atoms with Crippen LogP contribution in [-0.4, -0.2) is 46.9 Å². The first-order valence-corrected chi connectivity index (χ1v) is 8.61. The maximum absolute atomic E-state index is 11.3. The molecule has 0 atom stereocenters. The summed E-state index contributed by atoms with van der Waals surface area (Å²) in [4.78, 5) is 22.5. The lowest BCUT2D eigenvalue weighted by Crippen LogP contribution is -2.59. The Bertz CT molecular complexity index is 981. The van der Waals surface area contributed by atoms with Crippen molar-refractivity contribution in [1.82, 2.24) is 19.9 Å². The lowest BCUT2D eigenvalue weighted by atomic mass is 10.1. The van der Waals surface area contributed by atoms with Crippen LogP contribution < -0.4 is 10.2 Å². The van der Waals surface area contributed by atoms with Crippen LogP contribution in [-0.2, 0) is 11.8 Å². The van der Waals surface area contributed by atoms with E-state index in [1.807, 2.05) is 41.9 Å². The highest BCUT2D eigenvalue weighted by Crippen LogP contribution is 2.32. The van der Waals surface area contributed by atoms with Gasteiger partial charge in [0.15, 0.2) is 0 Å². The first kappa shape index (κ1) is 16.7. The molecule has 0 radical (unpaired) electrons. The predicted octanol–water partition coefficient (Wildman–Crippen LogP) is 2.83. The zero-order valence-electron chi connectivity index (χ0n) is 14.4. The van der Waals surface area contributed by atoms with Crippen molar-refractivity contribution < 1.29 is 9.53 Å². The predicted molar refractivity (Wildman–Crippen MR) is 100 cm³/mol. The summed E-state index contributed by atoms with van der Waals surface area (Å²) in [6, 6.07) is 9.96. The number of aryl methyl sites for hydroxylation is 1. The largest absolute Gasteiger partial charge is 0.453 e. The molecule has 1 amide bonds. The summed E-state index contributed by atoms with van der Waals surface area (Å²) in [5, 5.41) is 3.33. The number of anilines is 1. The number of rotatable bonds is 3. The SMILES string of the molecule is COC(=O)NC1CN(c2cc(-c3nc4ccccc4n3C)c(Cl)cn2)C1. The van der Waals surface area contributed by atoms with Gasteiger partial charge in [-0.1, -0.05) is 23.7 Å². The molecule has 8 heteroatoms. The summed E-state index contributed by atoms with van der Waals surface area (Å²) in [6.07, 6.45) is 1.23.